The molecule has 3 aliphatic carbocycles. The predicted octanol–water partition coefficient (Wildman–Crippen LogP) is 6.20. The zero-order valence-electron chi connectivity index (χ0n) is 20.0. The monoisotopic (exact) mass is 490 g/mol. The molecule has 1 N–H and O–H groups in total. The number of likely N-dealkylation sites (tertiary alicyclic amines) is 1. The molecule has 33 heavy (non-hydrogen) atoms. The molecule has 4 aliphatic rings. The molecule has 2 amide bonds. The Labute approximate surface area is 207 Å². The molecule has 0 unspecified atom stereocenters. The van der Waals surface area contributed by atoms with Crippen LogP contribution in [0.5, 0.6) is 0 Å². The zero-order valence-corrected chi connectivity index (χ0v) is 21.5. The second-order valence-electron chi connectivity index (χ2n) is 11.6. The number of halogens is 2. The third-order valence-corrected chi connectivity index (χ3v) is 11.1. The summed E-state index contributed by atoms with van der Waals surface area (Å²) in [5.41, 5.74) is 0.893. The second kappa shape index (κ2) is 8.45. The van der Waals surface area contributed by atoms with Crippen LogP contribution in [0.3, 0.4) is 0 Å². The van der Waals surface area contributed by atoms with Gasteiger partial charge in [0, 0.05) is 26.1 Å². The molecular formula is C27H36Cl2N2O2. The maximum absolute atomic E-state index is 12.9. The molecule has 1 aromatic rings. The fourth-order valence-corrected chi connectivity index (χ4v) is 9.18. The highest BCUT2D eigenvalue weighted by molar-refractivity contribution is 6.39. The molecule has 6 heteroatoms. The van der Waals surface area contributed by atoms with Crippen molar-refractivity contribution in [2.45, 2.75) is 71.3 Å². The zero-order chi connectivity index (χ0) is 23.5. The van der Waals surface area contributed by atoms with Gasteiger partial charge in [0.1, 0.15) is 0 Å². The van der Waals surface area contributed by atoms with E-state index in [0.717, 1.165) is 18.8 Å². The molecule has 5 rings (SSSR count). The maximum atomic E-state index is 12.9. The van der Waals surface area contributed by atoms with Crippen molar-refractivity contribution < 1.29 is 9.59 Å². The van der Waals surface area contributed by atoms with E-state index in [-0.39, 0.29) is 16.7 Å². The van der Waals surface area contributed by atoms with E-state index >= 15 is 0 Å². The van der Waals surface area contributed by atoms with Crippen molar-refractivity contribution in [2.24, 2.45) is 34.5 Å². The third kappa shape index (κ3) is 3.62. The topological polar surface area (TPSA) is 49.4 Å². The van der Waals surface area contributed by atoms with E-state index in [1.165, 1.54) is 32.1 Å². The summed E-state index contributed by atoms with van der Waals surface area (Å²) in [7, 11) is 2.03. The number of nitrogens with zero attached hydrogens (tertiary/aromatic N) is 1. The predicted molar refractivity (Wildman–Crippen MR) is 132 cm³/mol. The van der Waals surface area contributed by atoms with E-state index < -0.39 is 0 Å². The molecule has 1 saturated heterocycles. The first-order valence-corrected chi connectivity index (χ1v) is 13.4. The van der Waals surface area contributed by atoms with Crippen LogP contribution in [0.1, 0.15) is 75.6 Å². The van der Waals surface area contributed by atoms with E-state index in [0.29, 0.717) is 58.3 Å². The van der Waals surface area contributed by atoms with Gasteiger partial charge in [-0.05, 0) is 91.6 Å². The highest BCUT2D eigenvalue weighted by Crippen LogP contribution is 2.66. The standard InChI is InChI=1S/C27H36Cl2N2O2/c1-26-13-11-19-17(8-10-22-27(19,2)14-12-23(32)31(22)3)18(26)9-7-16(26)15-30-25(33)24-20(28)5-4-6-21(24)29/h4-6,16-19,22H,7-15H2,1-3H3,(H,30,33)/t16-,17+,18+,19+,22-,26-,27-/m1/s1. The first kappa shape index (κ1) is 23.5. The number of benzene rings is 1. The Balaban J connectivity index is 1.30. The molecular weight excluding hydrogens is 455 g/mol. The summed E-state index contributed by atoms with van der Waals surface area (Å²) in [4.78, 5) is 27.3. The fourth-order valence-electron chi connectivity index (χ4n) is 8.61. The smallest absolute Gasteiger partial charge is 0.254 e. The summed E-state index contributed by atoms with van der Waals surface area (Å²) < 4.78 is 0. The molecule has 0 bridgehead atoms. The van der Waals surface area contributed by atoms with E-state index in [9.17, 15) is 9.59 Å². The summed E-state index contributed by atoms with van der Waals surface area (Å²) in [6.45, 7) is 5.63. The maximum Gasteiger partial charge on any atom is 0.254 e. The van der Waals surface area contributed by atoms with Crippen LogP contribution < -0.4 is 5.32 Å². The SMILES string of the molecule is CN1C(=O)CC[C@]2(C)[C@H]3CC[C@]4(C)[C@@H](CNC(=O)c5c(Cl)cccc5Cl)CC[C@H]4[C@@H]3CC[C@@H]12. The van der Waals surface area contributed by atoms with Crippen molar-refractivity contribution in [1.29, 1.82) is 0 Å². The van der Waals surface area contributed by atoms with E-state index in [1.54, 1.807) is 18.2 Å². The van der Waals surface area contributed by atoms with Crippen molar-refractivity contribution in [2.75, 3.05) is 13.6 Å². The van der Waals surface area contributed by atoms with E-state index in [4.69, 9.17) is 23.2 Å². The van der Waals surface area contributed by atoms with Crippen LogP contribution >= 0.6 is 23.2 Å². The highest BCUT2D eigenvalue weighted by atomic mass is 35.5. The van der Waals surface area contributed by atoms with Gasteiger partial charge in [-0.15, -0.1) is 0 Å². The van der Waals surface area contributed by atoms with Crippen LogP contribution in [0.25, 0.3) is 0 Å². The lowest BCUT2D eigenvalue weighted by Gasteiger charge is -2.61. The number of carbonyl (C=O) groups excluding carboxylic acids is 2. The molecule has 1 aliphatic heterocycles. The third-order valence-electron chi connectivity index (χ3n) is 10.5. The number of piperidine rings is 1. The van der Waals surface area contributed by atoms with Crippen LogP contribution in [-0.2, 0) is 4.79 Å². The molecule has 4 nitrogen and oxygen atoms in total. The fraction of sp³-hybridized carbons (Fsp3) is 0.704. The summed E-state index contributed by atoms with van der Waals surface area (Å²) in [6, 6.07) is 5.59. The average molecular weight is 492 g/mol. The Bertz CT molecular complexity index is 947. The van der Waals surface area contributed by atoms with E-state index in [1.807, 2.05) is 7.05 Å². The first-order valence-electron chi connectivity index (χ1n) is 12.6. The van der Waals surface area contributed by atoms with Crippen molar-refractivity contribution in [3.63, 3.8) is 0 Å². The van der Waals surface area contributed by atoms with Crippen LogP contribution in [0, 0.1) is 34.5 Å². The molecule has 1 aromatic carbocycles. The van der Waals surface area contributed by atoms with Gasteiger partial charge in [-0.25, -0.2) is 0 Å². The number of rotatable bonds is 3. The lowest BCUT2D eigenvalue weighted by molar-refractivity contribution is -0.158. The number of nitrogens with one attached hydrogen (secondary N) is 1. The van der Waals surface area contributed by atoms with Gasteiger partial charge in [0.15, 0.2) is 0 Å². The molecule has 4 fully saturated rings. The minimum Gasteiger partial charge on any atom is -0.352 e. The minimum atomic E-state index is -0.172. The van der Waals surface area contributed by atoms with Crippen LogP contribution in [0.2, 0.25) is 10.0 Å². The molecule has 180 valence electrons. The lowest BCUT2D eigenvalue weighted by Crippen LogP contribution is -2.61. The van der Waals surface area contributed by atoms with E-state index in [2.05, 4.69) is 24.1 Å². The Hall–Kier alpha value is -1.26. The van der Waals surface area contributed by atoms with Gasteiger partial charge in [-0.3, -0.25) is 9.59 Å². The summed E-state index contributed by atoms with van der Waals surface area (Å²) >= 11 is 12.5. The number of fused-ring (bicyclic) bond motifs is 5. The molecule has 0 spiro atoms. The number of carbonyl (C=O) groups is 2. The molecule has 3 saturated carbocycles. The molecule has 0 radical (unpaired) electrons. The van der Waals surface area contributed by atoms with Gasteiger partial charge in [0.2, 0.25) is 5.91 Å². The Morgan fingerprint density at radius 1 is 1.03 bits per heavy atom. The Morgan fingerprint density at radius 2 is 1.73 bits per heavy atom. The highest BCUT2D eigenvalue weighted by Gasteiger charge is 2.61. The largest absolute Gasteiger partial charge is 0.352 e. The quantitative estimate of drug-likeness (QED) is 0.547. The Kier molecular flexibility index (Phi) is 6.01. The normalized spacial score (nSPS) is 40.1. The van der Waals surface area contributed by atoms with Gasteiger partial charge < -0.3 is 10.2 Å². The second-order valence-corrected chi connectivity index (χ2v) is 12.4. The van der Waals surface area contributed by atoms with Crippen LogP contribution in [0.4, 0.5) is 0 Å². The van der Waals surface area contributed by atoms with Gasteiger partial charge >= 0.3 is 0 Å². The first-order chi connectivity index (χ1) is 15.7. The summed E-state index contributed by atoms with van der Waals surface area (Å²) in [5, 5.41) is 3.96. The number of hydrogen-bond donors (Lipinski definition) is 1. The van der Waals surface area contributed by atoms with Crippen molar-refractivity contribution in [3.8, 4) is 0 Å². The number of hydrogen-bond acceptors (Lipinski definition) is 2. The van der Waals surface area contributed by atoms with Crippen LogP contribution in [-0.4, -0.2) is 36.3 Å². The molecule has 0 aromatic heterocycles. The van der Waals surface area contributed by atoms with Gasteiger partial charge in [0.05, 0.1) is 15.6 Å². The van der Waals surface area contributed by atoms with Crippen molar-refractivity contribution in [3.05, 3.63) is 33.8 Å². The van der Waals surface area contributed by atoms with Gasteiger partial charge in [0.25, 0.3) is 5.91 Å². The summed E-state index contributed by atoms with van der Waals surface area (Å²) in [6.07, 6.45) is 8.99. The number of amides is 2. The summed E-state index contributed by atoms with van der Waals surface area (Å²) in [5.74, 6) is 2.80. The van der Waals surface area contributed by atoms with Gasteiger partial charge in [-0.2, -0.15) is 0 Å². The Morgan fingerprint density at radius 3 is 2.45 bits per heavy atom. The van der Waals surface area contributed by atoms with Crippen molar-refractivity contribution in [1.82, 2.24) is 10.2 Å². The van der Waals surface area contributed by atoms with Crippen LogP contribution in [0.15, 0.2) is 18.2 Å². The minimum absolute atomic E-state index is 0.172. The lowest BCUT2D eigenvalue weighted by atomic mass is 9.47. The average Bonchev–Trinajstić information content (AvgIpc) is 3.11. The molecule has 1 heterocycles. The molecule has 7 atom stereocenters. The van der Waals surface area contributed by atoms with Crippen molar-refractivity contribution >= 4 is 35.0 Å². The van der Waals surface area contributed by atoms with Gasteiger partial charge in [-0.1, -0.05) is 43.1 Å².